The van der Waals surface area contributed by atoms with Gasteiger partial charge in [-0.1, -0.05) is 55.1 Å². The molecular formula is C25H26ClN3O. The molecule has 2 heterocycles. The van der Waals surface area contributed by atoms with Crippen molar-refractivity contribution in [2.45, 2.75) is 39.7 Å². The van der Waals surface area contributed by atoms with Crippen LogP contribution in [0.25, 0.3) is 32.8 Å². The summed E-state index contributed by atoms with van der Waals surface area (Å²) in [4.78, 5) is 18.4. The Hall–Kier alpha value is -2.85. The quantitative estimate of drug-likeness (QED) is 0.278. The maximum atomic E-state index is 13.4. The van der Waals surface area contributed by atoms with Gasteiger partial charge >= 0.3 is 0 Å². The molecule has 30 heavy (non-hydrogen) atoms. The first-order chi connectivity index (χ1) is 14.5. The Labute approximate surface area is 181 Å². The van der Waals surface area contributed by atoms with Crippen molar-refractivity contribution >= 4 is 50.3 Å². The minimum atomic E-state index is -0.0540. The molecule has 154 valence electrons. The molecule has 0 saturated heterocycles. The lowest BCUT2D eigenvalue weighted by Crippen LogP contribution is -2.25. The molecule has 0 radical (unpaired) electrons. The minimum absolute atomic E-state index is 0.0540. The maximum absolute atomic E-state index is 13.4. The number of aryl methyl sites for hydroxylation is 1. The van der Waals surface area contributed by atoms with Gasteiger partial charge in [0.15, 0.2) is 0 Å². The molecule has 0 spiro atoms. The Balaban J connectivity index is 2.05. The van der Waals surface area contributed by atoms with Crippen molar-refractivity contribution in [3.63, 3.8) is 0 Å². The summed E-state index contributed by atoms with van der Waals surface area (Å²) in [7, 11) is 0. The fourth-order valence-electron chi connectivity index (χ4n) is 4.08. The highest BCUT2D eigenvalue weighted by atomic mass is 35.5. The van der Waals surface area contributed by atoms with E-state index in [1.807, 2.05) is 43.3 Å². The molecule has 0 unspecified atom stereocenters. The lowest BCUT2D eigenvalue weighted by molar-refractivity contribution is 0.0956. The number of nitrogens with zero attached hydrogens (tertiary/aromatic N) is 2. The van der Waals surface area contributed by atoms with Crippen LogP contribution in [0.5, 0.6) is 0 Å². The summed E-state index contributed by atoms with van der Waals surface area (Å²) >= 11 is 6.31. The molecule has 4 nitrogen and oxygen atoms in total. The monoisotopic (exact) mass is 419 g/mol. The van der Waals surface area contributed by atoms with Crippen molar-refractivity contribution in [1.29, 1.82) is 0 Å². The number of amides is 1. The highest BCUT2D eigenvalue weighted by Crippen LogP contribution is 2.36. The molecule has 4 aromatic rings. The lowest BCUT2D eigenvalue weighted by atomic mass is 10.0. The van der Waals surface area contributed by atoms with E-state index in [-0.39, 0.29) is 5.91 Å². The lowest BCUT2D eigenvalue weighted by Gasteiger charge is -2.11. The van der Waals surface area contributed by atoms with Crippen LogP contribution in [0.1, 0.15) is 42.1 Å². The molecule has 2 aromatic heterocycles. The van der Waals surface area contributed by atoms with Crippen LogP contribution < -0.4 is 5.32 Å². The number of hydrogen-bond donors (Lipinski definition) is 1. The van der Waals surface area contributed by atoms with E-state index in [1.165, 1.54) is 0 Å². The number of pyridine rings is 1. The number of halogens is 1. The Morgan fingerprint density at radius 1 is 1.20 bits per heavy atom. The third-order valence-corrected chi connectivity index (χ3v) is 5.74. The second-order valence-corrected chi connectivity index (χ2v) is 8.17. The molecule has 2 aromatic carbocycles. The SMILES string of the molecule is C=CCn1c2cc(Cl)ccc2c2c(C(=O)NCCCCC)c3cc(C)ccc3nc21. The van der Waals surface area contributed by atoms with E-state index in [0.29, 0.717) is 23.7 Å². The number of unbranched alkanes of at least 4 members (excludes halogenated alkanes) is 2. The fourth-order valence-corrected chi connectivity index (χ4v) is 4.25. The molecule has 0 aliphatic carbocycles. The first kappa shape index (κ1) is 20.4. The molecule has 5 heteroatoms. The normalized spacial score (nSPS) is 11.4. The zero-order valence-corrected chi connectivity index (χ0v) is 18.2. The fraction of sp³-hybridized carbons (Fsp3) is 0.280. The number of rotatable bonds is 7. The van der Waals surface area contributed by atoms with Gasteiger partial charge in [0.25, 0.3) is 5.91 Å². The highest BCUT2D eigenvalue weighted by molar-refractivity contribution is 6.32. The number of hydrogen-bond acceptors (Lipinski definition) is 2. The smallest absolute Gasteiger partial charge is 0.252 e. The highest BCUT2D eigenvalue weighted by Gasteiger charge is 2.22. The number of nitrogens with one attached hydrogen (secondary N) is 1. The van der Waals surface area contributed by atoms with Crippen LogP contribution >= 0.6 is 11.6 Å². The van der Waals surface area contributed by atoms with Crippen LogP contribution in [0.3, 0.4) is 0 Å². The van der Waals surface area contributed by atoms with Gasteiger partial charge in [-0.15, -0.1) is 6.58 Å². The van der Waals surface area contributed by atoms with Crippen LogP contribution in [-0.4, -0.2) is 22.0 Å². The number of aromatic nitrogens is 2. The van der Waals surface area contributed by atoms with Gasteiger partial charge in [-0.3, -0.25) is 4.79 Å². The molecule has 4 rings (SSSR count). The molecule has 0 fully saturated rings. The summed E-state index contributed by atoms with van der Waals surface area (Å²) in [5, 5.41) is 6.51. The van der Waals surface area contributed by atoms with Crippen molar-refractivity contribution in [1.82, 2.24) is 14.9 Å². The average Bonchev–Trinajstić information content (AvgIpc) is 3.02. The number of allylic oxidation sites excluding steroid dienone is 1. The van der Waals surface area contributed by atoms with E-state index < -0.39 is 0 Å². The molecular weight excluding hydrogens is 394 g/mol. The molecule has 1 amide bonds. The van der Waals surface area contributed by atoms with Gasteiger partial charge in [0.1, 0.15) is 5.65 Å². The Morgan fingerprint density at radius 2 is 2.03 bits per heavy atom. The van der Waals surface area contributed by atoms with Crippen LogP contribution in [-0.2, 0) is 6.54 Å². The summed E-state index contributed by atoms with van der Waals surface area (Å²) in [5.41, 5.74) is 4.33. The summed E-state index contributed by atoms with van der Waals surface area (Å²) in [6, 6.07) is 11.8. The average molecular weight is 420 g/mol. The van der Waals surface area contributed by atoms with Crippen LogP contribution in [0.4, 0.5) is 0 Å². The van der Waals surface area contributed by atoms with Crippen LogP contribution in [0, 0.1) is 6.92 Å². The van der Waals surface area contributed by atoms with Gasteiger partial charge in [-0.25, -0.2) is 4.98 Å². The second-order valence-electron chi connectivity index (χ2n) is 7.73. The molecule has 1 N–H and O–H groups in total. The van der Waals surface area contributed by atoms with E-state index in [4.69, 9.17) is 16.6 Å². The van der Waals surface area contributed by atoms with E-state index in [1.54, 1.807) is 0 Å². The van der Waals surface area contributed by atoms with Crippen LogP contribution in [0.2, 0.25) is 5.02 Å². The Kier molecular flexibility index (Phi) is 5.78. The van der Waals surface area contributed by atoms with Gasteiger partial charge in [-0.2, -0.15) is 0 Å². The molecule has 0 bridgehead atoms. The zero-order valence-electron chi connectivity index (χ0n) is 17.5. The first-order valence-electron chi connectivity index (χ1n) is 10.5. The molecule has 0 atom stereocenters. The summed E-state index contributed by atoms with van der Waals surface area (Å²) in [6.07, 6.45) is 5.03. The van der Waals surface area contributed by atoms with Crippen molar-refractivity contribution in [3.8, 4) is 0 Å². The summed E-state index contributed by atoms with van der Waals surface area (Å²) in [6.45, 7) is 9.35. The Morgan fingerprint density at radius 3 is 2.80 bits per heavy atom. The van der Waals surface area contributed by atoms with Gasteiger partial charge in [0, 0.05) is 34.3 Å². The standard InChI is InChI=1S/C25H26ClN3O/c1-4-6-7-12-27-25(30)23-19-14-16(3)8-11-20(19)28-24-22(23)18-10-9-17(26)15-21(18)29(24)13-5-2/h5,8-11,14-15H,2,4,6-7,12-13H2,1,3H3,(H,27,30). The third kappa shape index (κ3) is 3.56. The van der Waals surface area contributed by atoms with E-state index in [0.717, 1.165) is 57.7 Å². The molecule has 0 aliphatic rings. The van der Waals surface area contributed by atoms with Crippen molar-refractivity contribution in [2.24, 2.45) is 0 Å². The number of benzene rings is 2. The van der Waals surface area contributed by atoms with E-state index in [9.17, 15) is 4.79 Å². The van der Waals surface area contributed by atoms with Crippen molar-refractivity contribution in [2.75, 3.05) is 6.54 Å². The summed E-state index contributed by atoms with van der Waals surface area (Å²) in [5.74, 6) is -0.0540. The summed E-state index contributed by atoms with van der Waals surface area (Å²) < 4.78 is 2.08. The minimum Gasteiger partial charge on any atom is -0.352 e. The number of carbonyl (C=O) groups is 1. The van der Waals surface area contributed by atoms with Crippen LogP contribution in [0.15, 0.2) is 49.1 Å². The topological polar surface area (TPSA) is 46.9 Å². The van der Waals surface area contributed by atoms with Gasteiger partial charge in [0.2, 0.25) is 0 Å². The van der Waals surface area contributed by atoms with Crippen molar-refractivity contribution < 1.29 is 4.79 Å². The first-order valence-corrected chi connectivity index (χ1v) is 10.8. The van der Waals surface area contributed by atoms with Crippen molar-refractivity contribution in [3.05, 3.63) is 65.2 Å². The zero-order chi connectivity index (χ0) is 21.3. The third-order valence-electron chi connectivity index (χ3n) is 5.50. The molecule has 0 aliphatic heterocycles. The predicted molar refractivity (Wildman–Crippen MR) is 127 cm³/mol. The Bertz CT molecular complexity index is 1270. The number of carbonyl (C=O) groups excluding carboxylic acids is 1. The predicted octanol–water partition coefficient (Wildman–Crippen LogP) is 6.41. The molecule has 0 saturated carbocycles. The second kappa shape index (κ2) is 8.49. The largest absolute Gasteiger partial charge is 0.352 e. The number of fused-ring (bicyclic) bond motifs is 4. The maximum Gasteiger partial charge on any atom is 0.252 e. The van der Waals surface area contributed by atoms with Gasteiger partial charge < -0.3 is 9.88 Å². The van der Waals surface area contributed by atoms with E-state index >= 15 is 0 Å². The van der Waals surface area contributed by atoms with Gasteiger partial charge in [-0.05, 0) is 37.6 Å². The van der Waals surface area contributed by atoms with Gasteiger partial charge in [0.05, 0.1) is 16.6 Å². The van der Waals surface area contributed by atoms with E-state index in [2.05, 4.69) is 29.5 Å².